The van der Waals surface area contributed by atoms with Crippen molar-refractivity contribution in [2.45, 2.75) is 76.3 Å². The molecule has 3 rings (SSSR count). The van der Waals surface area contributed by atoms with Gasteiger partial charge in [0.2, 0.25) is 0 Å². The Morgan fingerprint density at radius 1 is 0.944 bits per heavy atom. The van der Waals surface area contributed by atoms with Crippen LogP contribution in [0.2, 0.25) is 0 Å². The number of nitrogens with zero attached hydrogens (tertiary/aromatic N) is 2. The summed E-state index contributed by atoms with van der Waals surface area (Å²) in [6.07, 6.45) is 19.3. The molecule has 0 unspecified atom stereocenters. The molecule has 100 valence electrons. The SMILES string of the molecule is [BH3-]c1n(C2CCCCC2)cc[n+]1C1CCCCC1. The van der Waals surface area contributed by atoms with Gasteiger partial charge in [-0.1, -0.05) is 12.8 Å². The molecule has 0 atom stereocenters. The predicted octanol–water partition coefficient (Wildman–Crippen LogP) is 1.78. The average Bonchev–Trinajstić information content (AvgIpc) is 2.83. The van der Waals surface area contributed by atoms with Crippen LogP contribution < -0.4 is 10.3 Å². The smallest absolute Gasteiger partial charge is 0.126 e. The molecule has 0 spiro atoms. The van der Waals surface area contributed by atoms with Crippen molar-refractivity contribution < 1.29 is 4.57 Å². The summed E-state index contributed by atoms with van der Waals surface area (Å²) in [4.78, 5) is 0. The van der Waals surface area contributed by atoms with E-state index in [-0.39, 0.29) is 7.85 Å². The first-order chi connectivity index (χ1) is 8.86. The Bertz CT molecular complexity index is 352. The molecule has 18 heavy (non-hydrogen) atoms. The molecule has 0 N–H and O–H groups in total. The Hall–Kier alpha value is -0.725. The van der Waals surface area contributed by atoms with Gasteiger partial charge in [-0.2, -0.15) is 0 Å². The van der Waals surface area contributed by atoms with Crippen molar-refractivity contribution in [3.63, 3.8) is 0 Å². The van der Waals surface area contributed by atoms with Crippen molar-refractivity contribution in [2.24, 2.45) is 0 Å². The molecule has 1 heterocycles. The van der Waals surface area contributed by atoms with E-state index in [1.807, 2.05) is 0 Å². The topological polar surface area (TPSA) is 8.81 Å². The summed E-state index contributed by atoms with van der Waals surface area (Å²) in [5, 5.41) is 0. The highest BCUT2D eigenvalue weighted by atomic mass is 15.2. The van der Waals surface area contributed by atoms with Crippen LogP contribution in [0, 0.1) is 0 Å². The van der Waals surface area contributed by atoms with Crippen LogP contribution in [0.25, 0.3) is 0 Å². The van der Waals surface area contributed by atoms with Crippen molar-refractivity contribution in [3.05, 3.63) is 12.4 Å². The van der Waals surface area contributed by atoms with E-state index in [2.05, 4.69) is 21.5 Å². The summed E-state index contributed by atoms with van der Waals surface area (Å²) >= 11 is 0. The van der Waals surface area contributed by atoms with E-state index >= 15 is 0 Å². The fourth-order valence-corrected chi connectivity index (χ4v) is 3.47. The normalized spacial score (nSPS) is 23.4. The zero-order chi connectivity index (χ0) is 12.4. The Balaban J connectivity index is 1.78. The molecule has 0 aliphatic heterocycles. The molecule has 0 radical (unpaired) electrons. The summed E-state index contributed by atoms with van der Waals surface area (Å²) < 4.78 is 5.35. The highest BCUT2D eigenvalue weighted by Crippen LogP contribution is 2.27. The highest BCUT2D eigenvalue weighted by Gasteiger charge is 2.25. The molecule has 2 saturated carbocycles. The van der Waals surface area contributed by atoms with Crippen LogP contribution in [0.4, 0.5) is 0 Å². The molecule has 0 bridgehead atoms. The van der Waals surface area contributed by atoms with E-state index in [0.29, 0.717) is 0 Å². The molecular formula is C15H27BN2. The average molecular weight is 246 g/mol. The van der Waals surface area contributed by atoms with Gasteiger partial charge in [0, 0.05) is 0 Å². The molecule has 2 nitrogen and oxygen atoms in total. The van der Waals surface area contributed by atoms with Gasteiger partial charge in [0.1, 0.15) is 12.4 Å². The standard InChI is InChI=1S/C15H27BN2/c16-15-17(13-7-3-1-4-8-13)11-12-18(15)14-9-5-2-6-10-14/h11-14H,1-10H2,16H3. The van der Waals surface area contributed by atoms with Gasteiger partial charge in [-0.15, -0.1) is 0 Å². The zero-order valence-electron chi connectivity index (χ0n) is 10.8. The minimum absolute atomic E-state index is 0.288. The molecule has 1 aromatic heterocycles. The van der Waals surface area contributed by atoms with Crippen LogP contribution >= 0.6 is 0 Å². The number of hydrogen-bond acceptors (Lipinski definition) is 0. The molecule has 2 aliphatic rings. The first kappa shape index (κ1) is 12.3. The van der Waals surface area contributed by atoms with Gasteiger partial charge in [0.05, 0.1) is 25.7 Å². The molecule has 2 fully saturated rings. The second-order valence-electron chi connectivity index (χ2n) is 5.80. The van der Waals surface area contributed by atoms with Crippen molar-refractivity contribution in [1.29, 1.82) is 0 Å². The van der Waals surface area contributed by atoms with Crippen molar-refractivity contribution in [1.82, 2.24) is 4.57 Å². The van der Waals surface area contributed by atoms with Gasteiger partial charge in [0.25, 0.3) is 0 Å². The Morgan fingerprint density at radius 3 is 2.22 bits per heavy atom. The maximum absolute atomic E-state index is 2.67. The maximum Gasteiger partial charge on any atom is 0.126 e. The van der Waals surface area contributed by atoms with Gasteiger partial charge in [0.15, 0.2) is 0 Å². The molecule has 3 heteroatoms. The first-order valence-electron chi connectivity index (χ1n) is 7.45. The monoisotopic (exact) mass is 246 g/mol. The summed E-state index contributed by atoms with van der Waals surface area (Å²) in [5.74, 6) is 0. The summed E-state index contributed by atoms with van der Waals surface area (Å²) in [5.41, 5.74) is 1.74. The number of imidazole rings is 1. The lowest BCUT2D eigenvalue weighted by atomic mass is 9.93. The minimum atomic E-state index is 0.288. The van der Waals surface area contributed by atoms with Crippen LogP contribution in [0.1, 0.15) is 76.3 Å². The molecule has 0 aromatic carbocycles. The summed E-state index contributed by atoms with van der Waals surface area (Å²) in [6, 6.07) is 1.69. The maximum atomic E-state index is 2.67. The van der Waals surface area contributed by atoms with Crippen LogP contribution in [0.3, 0.4) is 0 Å². The Labute approximate surface area is 112 Å². The lowest BCUT2D eigenvalue weighted by Crippen LogP contribution is -2.54. The van der Waals surface area contributed by atoms with Crippen LogP contribution in [0.15, 0.2) is 12.4 Å². The van der Waals surface area contributed by atoms with E-state index < -0.39 is 0 Å². The molecular weight excluding hydrogens is 219 g/mol. The van der Waals surface area contributed by atoms with Gasteiger partial charge in [-0.05, 0) is 51.4 Å². The third-order valence-electron chi connectivity index (χ3n) is 4.55. The lowest BCUT2D eigenvalue weighted by Gasteiger charge is -2.24. The summed E-state index contributed by atoms with van der Waals surface area (Å²) in [7, 11) is 0.288. The predicted molar refractivity (Wildman–Crippen MR) is 78.4 cm³/mol. The van der Waals surface area contributed by atoms with E-state index in [0.717, 1.165) is 12.1 Å². The number of rotatable bonds is 2. The third kappa shape index (κ3) is 2.37. The summed E-state index contributed by atoms with van der Waals surface area (Å²) in [6.45, 7) is 0. The molecule has 0 amide bonds. The quantitative estimate of drug-likeness (QED) is 0.555. The van der Waals surface area contributed by atoms with Gasteiger partial charge < -0.3 is 0 Å². The molecule has 0 saturated heterocycles. The van der Waals surface area contributed by atoms with Gasteiger partial charge in [-0.25, -0.2) is 0 Å². The van der Waals surface area contributed by atoms with E-state index in [9.17, 15) is 0 Å². The number of hydrogen-bond donors (Lipinski definition) is 0. The molecule has 1 aromatic rings. The van der Waals surface area contributed by atoms with Crippen molar-refractivity contribution in [3.8, 4) is 0 Å². The second-order valence-corrected chi connectivity index (χ2v) is 5.80. The molecule has 2 aliphatic carbocycles. The fraction of sp³-hybridized carbons (Fsp3) is 0.800. The van der Waals surface area contributed by atoms with Gasteiger partial charge in [-0.3, -0.25) is 9.13 Å². The van der Waals surface area contributed by atoms with Crippen LogP contribution in [0.5, 0.6) is 0 Å². The highest BCUT2D eigenvalue weighted by molar-refractivity contribution is 6.28. The minimum Gasteiger partial charge on any atom is -0.269 e. The van der Waals surface area contributed by atoms with Gasteiger partial charge >= 0.3 is 0 Å². The second kappa shape index (κ2) is 5.50. The Morgan fingerprint density at radius 2 is 1.56 bits per heavy atom. The first-order valence-corrected chi connectivity index (χ1v) is 7.45. The fourth-order valence-electron chi connectivity index (χ4n) is 3.47. The van der Waals surface area contributed by atoms with Crippen LogP contribution in [-0.2, 0) is 0 Å². The lowest BCUT2D eigenvalue weighted by molar-refractivity contribution is -0.708. The van der Waals surface area contributed by atoms with E-state index in [1.165, 1.54) is 64.2 Å². The van der Waals surface area contributed by atoms with E-state index in [4.69, 9.17) is 0 Å². The van der Waals surface area contributed by atoms with Crippen molar-refractivity contribution >= 4 is 13.6 Å². The largest absolute Gasteiger partial charge is 0.269 e. The van der Waals surface area contributed by atoms with Crippen molar-refractivity contribution in [2.75, 3.05) is 0 Å². The number of aromatic nitrogens is 2. The Kier molecular flexibility index (Phi) is 3.76. The third-order valence-corrected chi connectivity index (χ3v) is 4.55. The van der Waals surface area contributed by atoms with Crippen LogP contribution in [-0.4, -0.2) is 12.4 Å². The zero-order valence-corrected chi connectivity index (χ0v) is 10.8. The van der Waals surface area contributed by atoms with E-state index in [1.54, 1.807) is 5.72 Å².